The number of aliphatic hydroxyl groups excluding tert-OH is 1. The van der Waals surface area contributed by atoms with E-state index in [1.165, 1.54) is 30.5 Å². The summed E-state index contributed by atoms with van der Waals surface area (Å²) < 4.78 is 0. The standard InChI is InChI=1S/C19H24N2O/c22-15-17-6-4-16(5-7-17)8-9-18-10-11-19(14-20-18)21-12-2-1-3-13-21/h4-7,10-11,14,22H,1-3,8-9,12-13,15H2. The van der Waals surface area contributed by atoms with Gasteiger partial charge in [-0.05, 0) is 55.4 Å². The Hall–Kier alpha value is -1.87. The van der Waals surface area contributed by atoms with Crippen LogP contribution in [0.1, 0.15) is 36.1 Å². The summed E-state index contributed by atoms with van der Waals surface area (Å²) in [5, 5.41) is 9.06. The first-order chi connectivity index (χ1) is 10.8. The Balaban J connectivity index is 1.56. The van der Waals surface area contributed by atoms with E-state index in [2.05, 4.69) is 34.1 Å². The highest BCUT2D eigenvalue weighted by molar-refractivity contribution is 5.44. The van der Waals surface area contributed by atoms with Crippen LogP contribution in [0.15, 0.2) is 42.6 Å². The van der Waals surface area contributed by atoms with Gasteiger partial charge in [-0.2, -0.15) is 0 Å². The van der Waals surface area contributed by atoms with E-state index in [0.717, 1.165) is 37.2 Å². The fourth-order valence-electron chi connectivity index (χ4n) is 2.99. The molecular formula is C19H24N2O. The van der Waals surface area contributed by atoms with Gasteiger partial charge in [0.15, 0.2) is 0 Å². The molecule has 1 fully saturated rings. The molecule has 3 nitrogen and oxygen atoms in total. The van der Waals surface area contributed by atoms with Gasteiger partial charge in [0.05, 0.1) is 18.5 Å². The SMILES string of the molecule is OCc1ccc(CCc2ccc(N3CCCCC3)cn2)cc1. The van der Waals surface area contributed by atoms with Gasteiger partial charge >= 0.3 is 0 Å². The Morgan fingerprint density at radius 2 is 1.59 bits per heavy atom. The minimum absolute atomic E-state index is 0.111. The summed E-state index contributed by atoms with van der Waals surface area (Å²) in [6.45, 7) is 2.44. The highest BCUT2D eigenvalue weighted by Crippen LogP contribution is 2.19. The minimum atomic E-state index is 0.111. The van der Waals surface area contributed by atoms with Gasteiger partial charge in [0.2, 0.25) is 0 Å². The zero-order valence-electron chi connectivity index (χ0n) is 13.0. The molecule has 3 heteroatoms. The highest BCUT2D eigenvalue weighted by Gasteiger charge is 2.10. The van der Waals surface area contributed by atoms with Crippen molar-refractivity contribution < 1.29 is 5.11 Å². The van der Waals surface area contributed by atoms with Crippen LogP contribution < -0.4 is 4.90 Å². The minimum Gasteiger partial charge on any atom is -0.392 e. The molecule has 1 aromatic heterocycles. The molecule has 0 radical (unpaired) electrons. The van der Waals surface area contributed by atoms with E-state index >= 15 is 0 Å². The molecule has 0 saturated carbocycles. The van der Waals surface area contributed by atoms with Crippen molar-refractivity contribution in [3.05, 3.63) is 59.4 Å². The van der Waals surface area contributed by atoms with Crippen LogP contribution in [-0.2, 0) is 19.4 Å². The zero-order valence-corrected chi connectivity index (χ0v) is 13.0. The van der Waals surface area contributed by atoms with Crippen molar-refractivity contribution in [3.8, 4) is 0 Å². The van der Waals surface area contributed by atoms with Gasteiger partial charge in [-0.15, -0.1) is 0 Å². The first-order valence-electron chi connectivity index (χ1n) is 8.24. The summed E-state index contributed by atoms with van der Waals surface area (Å²) in [5.74, 6) is 0. The van der Waals surface area contributed by atoms with E-state index in [1.807, 2.05) is 18.3 Å². The molecule has 0 spiro atoms. The Morgan fingerprint density at radius 1 is 0.864 bits per heavy atom. The fraction of sp³-hybridized carbons (Fsp3) is 0.421. The van der Waals surface area contributed by atoms with Crippen molar-refractivity contribution in [1.82, 2.24) is 4.98 Å². The number of aryl methyl sites for hydroxylation is 2. The van der Waals surface area contributed by atoms with E-state index < -0.39 is 0 Å². The lowest BCUT2D eigenvalue weighted by Crippen LogP contribution is -2.29. The summed E-state index contributed by atoms with van der Waals surface area (Å²) in [6, 6.07) is 12.5. The number of hydrogen-bond acceptors (Lipinski definition) is 3. The zero-order chi connectivity index (χ0) is 15.2. The maximum Gasteiger partial charge on any atom is 0.0681 e. The molecule has 1 aliphatic heterocycles. The second kappa shape index (κ2) is 7.41. The lowest BCUT2D eigenvalue weighted by atomic mass is 10.1. The Bertz CT molecular complexity index is 571. The molecule has 0 atom stereocenters. The molecule has 116 valence electrons. The second-order valence-electron chi connectivity index (χ2n) is 6.03. The van der Waals surface area contributed by atoms with E-state index in [1.54, 1.807) is 0 Å². The van der Waals surface area contributed by atoms with Crippen LogP contribution >= 0.6 is 0 Å². The van der Waals surface area contributed by atoms with Crippen molar-refractivity contribution in [2.45, 2.75) is 38.7 Å². The maximum atomic E-state index is 9.06. The fourth-order valence-corrected chi connectivity index (χ4v) is 2.99. The number of anilines is 1. The molecule has 1 aromatic carbocycles. The maximum absolute atomic E-state index is 9.06. The molecule has 0 bridgehead atoms. The number of pyridine rings is 1. The lowest BCUT2D eigenvalue weighted by molar-refractivity contribution is 0.282. The van der Waals surface area contributed by atoms with Crippen molar-refractivity contribution in [2.24, 2.45) is 0 Å². The Kier molecular flexibility index (Phi) is 5.07. The van der Waals surface area contributed by atoms with Gasteiger partial charge in [0.25, 0.3) is 0 Å². The largest absolute Gasteiger partial charge is 0.392 e. The van der Waals surface area contributed by atoms with Crippen molar-refractivity contribution in [3.63, 3.8) is 0 Å². The molecule has 1 saturated heterocycles. The number of nitrogens with zero attached hydrogens (tertiary/aromatic N) is 2. The van der Waals surface area contributed by atoms with E-state index in [4.69, 9.17) is 5.11 Å². The molecule has 1 aliphatic rings. The van der Waals surface area contributed by atoms with Gasteiger partial charge in [0, 0.05) is 18.8 Å². The molecule has 2 heterocycles. The number of aliphatic hydroxyl groups is 1. The van der Waals surface area contributed by atoms with E-state index in [0.29, 0.717) is 0 Å². The van der Waals surface area contributed by atoms with Crippen LogP contribution in [0.2, 0.25) is 0 Å². The lowest BCUT2D eigenvalue weighted by Gasteiger charge is -2.28. The van der Waals surface area contributed by atoms with Crippen LogP contribution in [0.4, 0.5) is 5.69 Å². The third kappa shape index (κ3) is 3.86. The number of benzene rings is 1. The van der Waals surface area contributed by atoms with Crippen molar-refractivity contribution in [1.29, 1.82) is 0 Å². The predicted molar refractivity (Wildman–Crippen MR) is 90.1 cm³/mol. The van der Waals surface area contributed by atoms with Crippen molar-refractivity contribution in [2.75, 3.05) is 18.0 Å². The third-order valence-corrected chi connectivity index (χ3v) is 4.41. The number of rotatable bonds is 5. The van der Waals surface area contributed by atoms with Crippen LogP contribution in [0.3, 0.4) is 0 Å². The number of hydrogen-bond donors (Lipinski definition) is 1. The van der Waals surface area contributed by atoms with Crippen molar-refractivity contribution >= 4 is 5.69 Å². The quantitative estimate of drug-likeness (QED) is 0.919. The molecular weight excluding hydrogens is 272 g/mol. The molecule has 0 aliphatic carbocycles. The summed E-state index contributed by atoms with van der Waals surface area (Å²) in [7, 11) is 0. The first kappa shape index (κ1) is 15.0. The molecule has 1 N–H and O–H groups in total. The predicted octanol–water partition coefficient (Wildman–Crippen LogP) is 3.35. The summed E-state index contributed by atoms with van der Waals surface area (Å²) in [4.78, 5) is 7.06. The smallest absolute Gasteiger partial charge is 0.0681 e. The van der Waals surface area contributed by atoms with E-state index in [9.17, 15) is 0 Å². The van der Waals surface area contributed by atoms with Gasteiger partial charge in [-0.25, -0.2) is 0 Å². The molecule has 2 aromatic rings. The van der Waals surface area contributed by atoms with Gasteiger partial charge < -0.3 is 10.0 Å². The van der Waals surface area contributed by atoms with Gasteiger partial charge in [-0.3, -0.25) is 4.98 Å². The van der Waals surface area contributed by atoms with Crippen LogP contribution in [-0.4, -0.2) is 23.2 Å². The average Bonchev–Trinajstić information content (AvgIpc) is 2.61. The number of aromatic nitrogens is 1. The summed E-state index contributed by atoms with van der Waals surface area (Å²) in [6.07, 6.45) is 7.92. The molecule has 0 amide bonds. The molecule has 22 heavy (non-hydrogen) atoms. The Morgan fingerprint density at radius 3 is 2.23 bits per heavy atom. The van der Waals surface area contributed by atoms with Crippen LogP contribution in [0, 0.1) is 0 Å². The normalized spacial score (nSPS) is 15.0. The Labute approximate surface area is 132 Å². The van der Waals surface area contributed by atoms with Crippen LogP contribution in [0.25, 0.3) is 0 Å². The van der Waals surface area contributed by atoms with E-state index in [-0.39, 0.29) is 6.61 Å². The monoisotopic (exact) mass is 296 g/mol. The van der Waals surface area contributed by atoms with Gasteiger partial charge in [0.1, 0.15) is 0 Å². The van der Waals surface area contributed by atoms with Gasteiger partial charge in [-0.1, -0.05) is 24.3 Å². The molecule has 3 rings (SSSR count). The summed E-state index contributed by atoms with van der Waals surface area (Å²) in [5.41, 5.74) is 4.66. The first-order valence-corrected chi connectivity index (χ1v) is 8.24. The highest BCUT2D eigenvalue weighted by atomic mass is 16.3. The number of piperidine rings is 1. The average molecular weight is 296 g/mol. The molecule has 0 unspecified atom stereocenters. The summed E-state index contributed by atoms with van der Waals surface area (Å²) >= 11 is 0. The van der Waals surface area contributed by atoms with Crippen LogP contribution in [0.5, 0.6) is 0 Å². The topological polar surface area (TPSA) is 36.4 Å². The second-order valence-corrected chi connectivity index (χ2v) is 6.03. The third-order valence-electron chi connectivity index (χ3n) is 4.41.